The summed E-state index contributed by atoms with van der Waals surface area (Å²) in [7, 11) is 0. The molecule has 0 bridgehead atoms. The predicted molar refractivity (Wildman–Crippen MR) is 149 cm³/mol. The fraction of sp³-hybridized carbons (Fsp3) is 0.133. The first-order valence-corrected chi connectivity index (χ1v) is 12.5. The van der Waals surface area contributed by atoms with Gasteiger partial charge in [-0.3, -0.25) is 0 Å². The van der Waals surface area contributed by atoms with Crippen molar-refractivity contribution in [1.82, 2.24) is 0 Å². The van der Waals surface area contributed by atoms with Crippen LogP contribution in [-0.4, -0.2) is 41.7 Å². The topological polar surface area (TPSA) is 73.5 Å². The molecule has 8 nitrogen and oxygen atoms in total. The SMILES string of the molecule is O=[N+](O)O.c1ccc(N2CCN(c3ccccc3)C2=C2N(c3ccccc3)CCN2c2ccccc2)cc1. The second-order valence-electron chi connectivity index (χ2n) is 8.85. The van der Waals surface area contributed by atoms with E-state index in [-0.39, 0.29) is 0 Å². The van der Waals surface area contributed by atoms with Crippen molar-refractivity contribution >= 4 is 22.7 Å². The lowest BCUT2D eigenvalue weighted by Gasteiger charge is -2.33. The number of hydrogen-bond acceptors (Lipinski definition) is 5. The Bertz CT molecular complexity index is 1160. The van der Waals surface area contributed by atoms with Crippen molar-refractivity contribution < 1.29 is 15.5 Å². The van der Waals surface area contributed by atoms with Crippen LogP contribution >= 0.6 is 0 Å². The van der Waals surface area contributed by atoms with Crippen LogP contribution in [0.5, 0.6) is 0 Å². The van der Waals surface area contributed by atoms with E-state index in [9.17, 15) is 0 Å². The molecule has 0 radical (unpaired) electrons. The molecule has 0 amide bonds. The maximum atomic E-state index is 8.47. The first kappa shape index (κ1) is 24.7. The molecule has 2 fully saturated rings. The molecular formula is C30H30N5O3+. The van der Waals surface area contributed by atoms with Crippen LogP contribution in [0.25, 0.3) is 0 Å². The van der Waals surface area contributed by atoms with Crippen LogP contribution < -0.4 is 19.6 Å². The van der Waals surface area contributed by atoms with E-state index in [0.29, 0.717) is 0 Å². The van der Waals surface area contributed by atoms with E-state index in [1.807, 2.05) is 0 Å². The second kappa shape index (κ2) is 11.4. The average Bonchev–Trinajstić information content (AvgIpc) is 3.59. The summed E-state index contributed by atoms with van der Waals surface area (Å²) in [5.74, 6) is 2.45. The zero-order valence-electron chi connectivity index (χ0n) is 20.9. The molecule has 2 heterocycles. The van der Waals surface area contributed by atoms with Crippen molar-refractivity contribution in [2.75, 3.05) is 45.8 Å². The first-order valence-electron chi connectivity index (χ1n) is 12.5. The van der Waals surface area contributed by atoms with E-state index in [0.717, 1.165) is 26.2 Å². The third-order valence-corrected chi connectivity index (χ3v) is 6.59. The van der Waals surface area contributed by atoms with Gasteiger partial charge in [-0.2, -0.15) is 0 Å². The minimum absolute atomic E-state index is 0.934. The van der Waals surface area contributed by atoms with Crippen LogP contribution in [0.15, 0.2) is 133 Å². The standard InChI is InChI=1S/C30H28N4.H2NO3/c1-5-13-25(14-6-1)31-21-22-32(26-15-7-2-8-16-26)29(31)30-33(27-17-9-3-10-18-27)23-24-34(30)28-19-11-4-12-20-28;2-1(3)4/h1-20H,21-24H2;(H2,2,3,4)/q;+1. The second-order valence-corrected chi connectivity index (χ2v) is 8.85. The summed E-state index contributed by atoms with van der Waals surface area (Å²) < 4.78 is 0. The average molecular weight is 509 g/mol. The maximum Gasteiger partial charge on any atom is 0.472 e. The Balaban J connectivity index is 0.000000689. The van der Waals surface area contributed by atoms with Gasteiger partial charge in [-0.05, 0) is 48.5 Å². The number of para-hydroxylation sites is 4. The van der Waals surface area contributed by atoms with E-state index < -0.39 is 5.09 Å². The van der Waals surface area contributed by atoms with E-state index in [2.05, 4.69) is 141 Å². The van der Waals surface area contributed by atoms with Crippen LogP contribution in [0.3, 0.4) is 0 Å². The van der Waals surface area contributed by atoms with Crippen molar-refractivity contribution in [2.45, 2.75) is 0 Å². The molecule has 2 N–H and O–H groups in total. The van der Waals surface area contributed by atoms with Crippen LogP contribution in [0.4, 0.5) is 22.7 Å². The molecular weight excluding hydrogens is 478 g/mol. The van der Waals surface area contributed by atoms with Gasteiger partial charge in [0.05, 0.1) is 0 Å². The molecule has 8 heteroatoms. The first-order chi connectivity index (χ1) is 18.6. The number of anilines is 4. The Morgan fingerprint density at radius 2 is 0.605 bits per heavy atom. The van der Waals surface area contributed by atoms with Gasteiger partial charge in [-0.1, -0.05) is 72.8 Å². The lowest BCUT2D eigenvalue weighted by molar-refractivity contribution is -0.969. The van der Waals surface area contributed by atoms with Crippen LogP contribution in [0.2, 0.25) is 0 Å². The molecule has 38 heavy (non-hydrogen) atoms. The number of nitrogens with zero attached hydrogens (tertiary/aromatic N) is 5. The predicted octanol–water partition coefficient (Wildman–Crippen LogP) is 5.71. The number of rotatable bonds is 4. The molecule has 2 aliphatic heterocycles. The molecule has 4 aromatic carbocycles. The summed E-state index contributed by atoms with van der Waals surface area (Å²) in [4.78, 5) is 18.4. The van der Waals surface area contributed by atoms with E-state index >= 15 is 0 Å². The van der Waals surface area contributed by atoms with Gasteiger partial charge >= 0.3 is 5.09 Å². The number of benzene rings is 4. The molecule has 2 aliphatic rings. The van der Waals surface area contributed by atoms with E-state index in [4.69, 9.17) is 15.3 Å². The van der Waals surface area contributed by atoms with Crippen molar-refractivity contribution in [3.63, 3.8) is 0 Å². The quantitative estimate of drug-likeness (QED) is 0.342. The summed E-state index contributed by atoms with van der Waals surface area (Å²) in [6, 6.07) is 43.1. The van der Waals surface area contributed by atoms with Crippen LogP contribution in [-0.2, 0) is 0 Å². The van der Waals surface area contributed by atoms with Gasteiger partial charge in [0, 0.05) is 48.9 Å². The molecule has 4 aromatic rings. The molecule has 2 saturated heterocycles. The molecule has 0 aliphatic carbocycles. The smallest absolute Gasteiger partial charge is 0.323 e. The van der Waals surface area contributed by atoms with Crippen LogP contribution in [0.1, 0.15) is 0 Å². The van der Waals surface area contributed by atoms with Gasteiger partial charge in [0.15, 0.2) is 11.6 Å². The molecule has 0 spiro atoms. The van der Waals surface area contributed by atoms with Crippen molar-refractivity contribution in [2.24, 2.45) is 0 Å². The molecule has 0 saturated carbocycles. The summed E-state index contributed by atoms with van der Waals surface area (Å²) in [6.45, 7) is 3.73. The van der Waals surface area contributed by atoms with Gasteiger partial charge in [-0.15, -0.1) is 0 Å². The fourth-order valence-electron chi connectivity index (χ4n) is 5.04. The van der Waals surface area contributed by atoms with Gasteiger partial charge in [-0.25, -0.2) is 10.4 Å². The normalized spacial score (nSPS) is 14.9. The highest BCUT2D eigenvalue weighted by Crippen LogP contribution is 2.39. The highest BCUT2D eigenvalue weighted by atomic mass is 16.9. The Morgan fingerprint density at radius 1 is 0.421 bits per heavy atom. The largest absolute Gasteiger partial charge is 0.472 e. The Labute approximate surface area is 222 Å². The summed E-state index contributed by atoms with van der Waals surface area (Å²) in [5.41, 5.74) is 4.88. The van der Waals surface area contributed by atoms with E-state index in [1.165, 1.54) is 34.4 Å². The van der Waals surface area contributed by atoms with Crippen molar-refractivity contribution in [3.05, 3.63) is 138 Å². The summed E-state index contributed by atoms with van der Waals surface area (Å²) in [6.07, 6.45) is 0. The van der Waals surface area contributed by atoms with Gasteiger partial charge in [0.2, 0.25) is 0 Å². The summed E-state index contributed by atoms with van der Waals surface area (Å²) in [5, 5.41) is 12.5. The van der Waals surface area contributed by atoms with Gasteiger partial charge < -0.3 is 19.6 Å². The maximum absolute atomic E-state index is 8.47. The zero-order valence-corrected chi connectivity index (χ0v) is 20.9. The lowest BCUT2D eigenvalue weighted by atomic mass is 10.2. The lowest BCUT2D eigenvalue weighted by Crippen LogP contribution is -2.34. The number of hydrogen-bond donors (Lipinski definition) is 2. The molecule has 0 unspecified atom stereocenters. The molecule has 6 rings (SSSR count). The minimum Gasteiger partial charge on any atom is -0.323 e. The third-order valence-electron chi connectivity index (χ3n) is 6.59. The Morgan fingerprint density at radius 3 is 0.789 bits per heavy atom. The zero-order chi connectivity index (χ0) is 26.3. The monoisotopic (exact) mass is 508 g/mol. The van der Waals surface area contributed by atoms with Crippen LogP contribution in [0, 0.1) is 4.91 Å². The fourth-order valence-corrected chi connectivity index (χ4v) is 5.04. The van der Waals surface area contributed by atoms with Gasteiger partial charge in [0.25, 0.3) is 0 Å². The Hall–Kier alpha value is -4.98. The minimum atomic E-state index is -1.25. The Kier molecular flexibility index (Phi) is 7.40. The third kappa shape index (κ3) is 5.24. The summed E-state index contributed by atoms with van der Waals surface area (Å²) >= 11 is 0. The van der Waals surface area contributed by atoms with Gasteiger partial charge in [0.1, 0.15) is 4.91 Å². The molecule has 192 valence electrons. The highest BCUT2D eigenvalue weighted by Gasteiger charge is 2.38. The van der Waals surface area contributed by atoms with E-state index in [1.54, 1.807) is 0 Å². The van der Waals surface area contributed by atoms with Crippen molar-refractivity contribution in [1.29, 1.82) is 0 Å². The molecule has 0 atom stereocenters. The highest BCUT2D eigenvalue weighted by molar-refractivity contribution is 5.73. The molecule has 0 aromatic heterocycles. The van der Waals surface area contributed by atoms with Crippen molar-refractivity contribution in [3.8, 4) is 0 Å².